The first kappa shape index (κ1) is 12.6. The van der Waals surface area contributed by atoms with E-state index in [-0.39, 0.29) is 24.1 Å². The number of aryl methyl sites for hydroxylation is 1. The number of carboxylic acid groups (broad SMARTS) is 1. The van der Waals surface area contributed by atoms with Crippen LogP contribution in [0.4, 0.5) is 8.78 Å². The van der Waals surface area contributed by atoms with Crippen LogP contribution in [0, 0.1) is 18.6 Å². The molecule has 3 nitrogen and oxygen atoms in total. The molecule has 1 unspecified atom stereocenters. The first-order chi connectivity index (χ1) is 7.47. The molecule has 0 spiro atoms. The number of nitrogens with two attached hydrogens (primary N) is 1. The Morgan fingerprint density at radius 1 is 1.44 bits per heavy atom. The number of hydrogen-bond acceptors (Lipinski definition) is 2. The molecule has 1 aromatic rings. The first-order valence-corrected chi connectivity index (χ1v) is 4.83. The van der Waals surface area contributed by atoms with Gasteiger partial charge in [-0.1, -0.05) is 12.1 Å². The maximum Gasteiger partial charge on any atom is 0.304 e. The Morgan fingerprint density at radius 2 is 2.06 bits per heavy atom. The summed E-state index contributed by atoms with van der Waals surface area (Å²) in [6.07, 6.45) is -0.310. The lowest BCUT2D eigenvalue weighted by atomic mass is 9.94. The van der Waals surface area contributed by atoms with Gasteiger partial charge in [0, 0.05) is 5.92 Å². The Hall–Kier alpha value is -1.49. The van der Waals surface area contributed by atoms with Gasteiger partial charge in [0.2, 0.25) is 0 Å². The highest BCUT2D eigenvalue weighted by Crippen LogP contribution is 2.25. The number of hydrogen-bond donors (Lipinski definition) is 2. The van der Waals surface area contributed by atoms with Crippen LogP contribution < -0.4 is 5.73 Å². The highest BCUT2D eigenvalue weighted by Gasteiger charge is 2.20. The number of carboxylic acids is 1. The van der Waals surface area contributed by atoms with Gasteiger partial charge >= 0.3 is 5.97 Å². The molecule has 0 amide bonds. The van der Waals surface area contributed by atoms with Crippen LogP contribution in [0.3, 0.4) is 0 Å². The second-order valence-corrected chi connectivity index (χ2v) is 3.63. The highest BCUT2D eigenvalue weighted by atomic mass is 19.2. The van der Waals surface area contributed by atoms with Gasteiger partial charge in [0.15, 0.2) is 11.6 Å². The SMILES string of the molecule is Cc1ccc(C(CN)CC(=O)O)c(F)c1F. The Bertz CT molecular complexity index is 407. The predicted molar refractivity (Wildman–Crippen MR) is 55.1 cm³/mol. The summed E-state index contributed by atoms with van der Waals surface area (Å²) in [4.78, 5) is 10.5. The number of benzene rings is 1. The van der Waals surface area contributed by atoms with Gasteiger partial charge in [-0.15, -0.1) is 0 Å². The fraction of sp³-hybridized carbons (Fsp3) is 0.364. The van der Waals surface area contributed by atoms with Crippen molar-refractivity contribution in [3.8, 4) is 0 Å². The maximum absolute atomic E-state index is 13.5. The van der Waals surface area contributed by atoms with E-state index in [1.807, 2.05) is 0 Å². The molecule has 0 saturated carbocycles. The topological polar surface area (TPSA) is 63.3 Å². The summed E-state index contributed by atoms with van der Waals surface area (Å²) < 4.78 is 26.8. The van der Waals surface area contributed by atoms with Gasteiger partial charge in [0.1, 0.15) is 0 Å². The molecule has 0 radical (unpaired) electrons. The zero-order chi connectivity index (χ0) is 12.3. The molecule has 88 valence electrons. The van der Waals surface area contributed by atoms with Gasteiger partial charge in [0.25, 0.3) is 0 Å². The minimum atomic E-state index is -1.09. The van der Waals surface area contributed by atoms with Crippen LogP contribution in [-0.4, -0.2) is 17.6 Å². The molecule has 1 rings (SSSR count). The Labute approximate surface area is 91.9 Å². The Balaban J connectivity index is 3.11. The van der Waals surface area contributed by atoms with Crippen molar-refractivity contribution in [3.63, 3.8) is 0 Å². The second-order valence-electron chi connectivity index (χ2n) is 3.63. The van der Waals surface area contributed by atoms with Crippen LogP contribution >= 0.6 is 0 Å². The third kappa shape index (κ3) is 2.55. The van der Waals surface area contributed by atoms with E-state index in [9.17, 15) is 13.6 Å². The molecular weight excluding hydrogens is 216 g/mol. The number of rotatable bonds is 4. The third-order valence-corrected chi connectivity index (χ3v) is 2.45. The summed E-state index contributed by atoms with van der Waals surface area (Å²) in [5.74, 6) is -3.73. The van der Waals surface area contributed by atoms with Crippen LogP contribution in [0.2, 0.25) is 0 Å². The number of carbonyl (C=O) groups is 1. The lowest BCUT2D eigenvalue weighted by Crippen LogP contribution is -2.18. The van der Waals surface area contributed by atoms with E-state index in [0.717, 1.165) is 0 Å². The summed E-state index contributed by atoms with van der Waals surface area (Å²) >= 11 is 0. The van der Waals surface area contributed by atoms with Crippen molar-refractivity contribution >= 4 is 5.97 Å². The van der Waals surface area contributed by atoms with Crippen molar-refractivity contribution in [1.82, 2.24) is 0 Å². The molecule has 0 aliphatic carbocycles. The molecule has 16 heavy (non-hydrogen) atoms. The summed E-state index contributed by atoms with van der Waals surface area (Å²) in [5.41, 5.74) is 5.57. The summed E-state index contributed by atoms with van der Waals surface area (Å²) in [7, 11) is 0. The monoisotopic (exact) mass is 229 g/mol. The molecule has 0 saturated heterocycles. The molecule has 0 aliphatic rings. The zero-order valence-corrected chi connectivity index (χ0v) is 8.84. The minimum absolute atomic E-state index is 0.0213. The van der Waals surface area contributed by atoms with Crippen molar-refractivity contribution in [2.24, 2.45) is 5.73 Å². The largest absolute Gasteiger partial charge is 0.481 e. The normalized spacial score (nSPS) is 12.5. The average molecular weight is 229 g/mol. The molecule has 0 aromatic heterocycles. The quantitative estimate of drug-likeness (QED) is 0.827. The molecular formula is C11H13F2NO2. The van der Waals surface area contributed by atoms with Crippen LogP contribution in [0.5, 0.6) is 0 Å². The predicted octanol–water partition coefficient (Wildman–Crippen LogP) is 1.79. The van der Waals surface area contributed by atoms with E-state index in [1.54, 1.807) is 0 Å². The lowest BCUT2D eigenvalue weighted by Gasteiger charge is -2.14. The molecule has 0 bridgehead atoms. The van der Waals surface area contributed by atoms with Crippen molar-refractivity contribution in [3.05, 3.63) is 34.9 Å². The van der Waals surface area contributed by atoms with Crippen LogP contribution in [-0.2, 0) is 4.79 Å². The number of halogens is 2. The minimum Gasteiger partial charge on any atom is -0.481 e. The summed E-state index contributed by atoms with van der Waals surface area (Å²) in [6.45, 7) is 1.41. The van der Waals surface area contributed by atoms with Gasteiger partial charge in [-0.05, 0) is 24.6 Å². The third-order valence-electron chi connectivity index (χ3n) is 2.45. The van der Waals surface area contributed by atoms with Gasteiger partial charge in [-0.2, -0.15) is 0 Å². The van der Waals surface area contributed by atoms with Crippen LogP contribution in [0.15, 0.2) is 12.1 Å². The van der Waals surface area contributed by atoms with Crippen molar-refractivity contribution < 1.29 is 18.7 Å². The average Bonchev–Trinajstić information content (AvgIpc) is 2.23. The van der Waals surface area contributed by atoms with Gasteiger partial charge in [0.05, 0.1) is 6.42 Å². The van der Waals surface area contributed by atoms with Crippen LogP contribution in [0.25, 0.3) is 0 Å². The second kappa shape index (κ2) is 5.03. The molecule has 1 aromatic carbocycles. The van der Waals surface area contributed by atoms with Gasteiger partial charge in [-0.25, -0.2) is 8.78 Å². The first-order valence-electron chi connectivity index (χ1n) is 4.83. The molecule has 0 heterocycles. The molecule has 1 atom stereocenters. The van der Waals surface area contributed by atoms with Crippen molar-refractivity contribution in [1.29, 1.82) is 0 Å². The van der Waals surface area contributed by atoms with E-state index >= 15 is 0 Å². The Morgan fingerprint density at radius 3 is 2.56 bits per heavy atom. The van der Waals surface area contributed by atoms with Gasteiger partial charge < -0.3 is 10.8 Å². The summed E-state index contributed by atoms with van der Waals surface area (Å²) in [5, 5.41) is 8.62. The van der Waals surface area contributed by atoms with E-state index in [2.05, 4.69) is 0 Å². The lowest BCUT2D eigenvalue weighted by molar-refractivity contribution is -0.137. The fourth-order valence-electron chi connectivity index (χ4n) is 1.51. The highest BCUT2D eigenvalue weighted by molar-refractivity contribution is 5.68. The van der Waals surface area contributed by atoms with Crippen molar-refractivity contribution in [2.75, 3.05) is 6.54 Å². The molecule has 0 fully saturated rings. The molecule has 5 heteroatoms. The Kier molecular flexibility index (Phi) is 3.95. The van der Waals surface area contributed by atoms with Crippen LogP contribution in [0.1, 0.15) is 23.5 Å². The fourth-order valence-corrected chi connectivity index (χ4v) is 1.51. The number of aliphatic carboxylic acids is 1. The maximum atomic E-state index is 13.5. The van der Waals surface area contributed by atoms with E-state index in [1.165, 1.54) is 19.1 Å². The van der Waals surface area contributed by atoms with E-state index in [0.29, 0.717) is 0 Å². The molecule has 3 N–H and O–H groups in total. The van der Waals surface area contributed by atoms with Gasteiger partial charge in [-0.3, -0.25) is 4.79 Å². The van der Waals surface area contributed by atoms with E-state index in [4.69, 9.17) is 10.8 Å². The molecule has 0 aliphatic heterocycles. The summed E-state index contributed by atoms with van der Waals surface area (Å²) in [6, 6.07) is 2.80. The smallest absolute Gasteiger partial charge is 0.304 e. The van der Waals surface area contributed by atoms with Crippen molar-refractivity contribution in [2.45, 2.75) is 19.3 Å². The standard InChI is InChI=1S/C11H13F2NO2/c1-6-2-3-8(11(13)10(6)12)7(5-14)4-9(15)16/h2-3,7H,4-5,14H2,1H3,(H,15,16). The van der Waals surface area contributed by atoms with E-state index < -0.39 is 23.5 Å². The zero-order valence-electron chi connectivity index (χ0n) is 8.84.